The fourth-order valence-electron chi connectivity index (χ4n) is 7.36. The molecule has 0 aliphatic heterocycles. The lowest BCUT2D eigenvalue weighted by molar-refractivity contribution is -0.870. The fraction of sp³-hybridized carbons (Fsp3) is 0.737. The zero-order chi connectivity index (χ0) is 48.5. The standard InChI is InChI=1S/C57H103N2O6P/c1-6-8-10-12-14-16-18-20-22-23-24-25-26-27-28-29-30-31-32-33-34-35-37-39-41-43-45-47-49-51-57(61)58-55(54-65-66(62,63)64-53-52-59(3,4)5)56(60)50-48-46-44-42-40-38-36-21-19-17-15-13-11-9-7-2/h8,10,14,16,19-22,24-25,40,42,48,50,55-56,60H,6-7,9,11-13,15,17-18,23,26-39,41,43-47,49,51-54H2,1-5H3,(H-,58,61,62,63)/p+1/b10-8-,16-14-,21-19+,22-20-,25-24-,42-40+,50-48+. The van der Waals surface area contributed by atoms with Crippen LogP contribution in [-0.2, 0) is 18.4 Å². The van der Waals surface area contributed by atoms with Crippen LogP contribution in [0, 0.1) is 0 Å². The highest BCUT2D eigenvalue weighted by atomic mass is 31.2. The molecule has 0 heterocycles. The maximum atomic E-state index is 12.9. The number of hydrogen-bond donors (Lipinski definition) is 3. The van der Waals surface area contributed by atoms with Crippen LogP contribution < -0.4 is 5.32 Å². The molecular weight excluding hydrogens is 840 g/mol. The smallest absolute Gasteiger partial charge is 0.387 e. The summed E-state index contributed by atoms with van der Waals surface area (Å²) < 4.78 is 23.6. The second kappa shape index (κ2) is 47.7. The molecule has 0 aliphatic carbocycles. The molecule has 3 atom stereocenters. The molecule has 3 unspecified atom stereocenters. The normalized spacial score (nSPS) is 14.7. The van der Waals surface area contributed by atoms with Crippen LogP contribution in [0.4, 0.5) is 0 Å². The van der Waals surface area contributed by atoms with Crippen molar-refractivity contribution in [2.45, 2.75) is 231 Å². The van der Waals surface area contributed by atoms with Crippen molar-refractivity contribution in [3.05, 3.63) is 85.1 Å². The van der Waals surface area contributed by atoms with E-state index in [4.69, 9.17) is 9.05 Å². The molecule has 8 nitrogen and oxygen atoms in total. The minimum Gasteiger partial charge on any atom is -0.387 e. The molecule has 382 valence electrons. The monoisotopic (exact) mass is 944 g/mol. The summed E-state index contributed by atoms with van der Waals surface area (Å²) in [5, 5.41) is 13.9. The van der Waals surface area contributed by atoms with Crippen molar-refractivity contribution >= 4 is 13.7 Å². The average Bonchev–Trinajstić information content (AvgIpc) is 3.28. The third-order valence-electron chi connectivity index (χ3n) is 11.6. The molecule has 0 aliphatic rings. The van der Waals surface area contributed by atoms with Crippen LogP contribution in [-0.4, -0.2) is 73.4 Å². The average molecular weight is 944 g/mol. The highest BCUT2D eigenvalue weighted by molar-refractivity contribution is 7.47. The topological polar surface area (TPSA) is 105 Å². The highest BCUT2D eigenvalue weighted by Gasteiger charge is 2.27. The first kappa shape index (κ1) is 63.7. The Morgan fingerprint density at radius 2 is 0.924 bits per heavy atom. The lowest BCUT2D eigenvalue weighted by atomic mass is 10.0. The van der Waals surface area contributed by atoms with Crippen LogP contribution >= 0.6 is 7.82 Å². The van der Waals surface area contributed by atoms with Crippen molar-refractivity contribution in [3.63, 3.8) is 0 Å². The van der Waals surface area contributed by atoms with Gasteiger partial charge in [-0.1, -0.05) is 214 Å². The van der Waals surface area contributed by atoms with Crippen LogP contribution in [0.15, 0.2) is 85.1 Å². The van der Waals surface area contributed by atoms with E-state index in [0.717, 1.165) is 70.6 Å². The van der Waals surface area contributed by atoms with Crippen molar-refractivity contribution in [3.8, 4) is 0 Å². The first-order chi connectivity index (χ1) is 32.0. The predicted octanol–water partition coefficient (Wildman–Crippen LogP) is 16.1. The maximum Gasteiger partial charge on any atom is 0.472 e. The first-order valence-corrected chi connectivity index (χ1v) is 28.5. The predicted molar refractivity (Wildman–Crippen MR) is 286 cm³/mol. The van der Waals surface area contributed by atoms with Gasteiger partial charge in [-0.05, 0) is 83.5 Å². The molecule has 0 aromatic carbocycles. The quantitative estimate of drug-likeness (QED) is 0.0243. The number of nitrogens with zero attached hydrogens (tertiary/aromatic N) is 1. The molecule has 0 fully saturated rings. The lowest BCUT2D eigenvalue weighted by Crippen LogP contribution is -2.45. The Morgan fingerprint density at radius 1 is 0.530 bits per heavy atom. The number of aliphatic hydroxyl groups excluding tert-OH is 1. The van der Waals surface area contributed by atoms with E-state index in [2.05, 4.69) is 92.1 Å². The summed E-state index contributed by atoms with van der Waals surface area (Å²) in [7, 11) is 1.54. The van der Waals surface area contributed by atoms with Gasteiger partial charge in [0.1, 0.15) is 13.2 Å². The summed E-state index contributed by atoms with van der Waals surface area (Å²) in [6.07, 6.45) is 66.8. The number of phosphoric ester groups is 1. The molecule has 3 N–H and O–H groups in total. The lowest BCUT2D eigenvalue weighted by Gasteiger charge is -2.25. The number of carbonyl (C=O) groups excluding carboxylic acids is 1. The minimum atomic E-state index is -4.36. The number of carbonyl (C=O) groups is 1. The number of aliphatic hydroxyl groups is 1. The van der Waals surface area contributed by atoms with Crippen molar-refractivity contribution in [1.82, 2.24) is 5.32 Å². The largest absolute Gasteiger partial charge is 0.472 e. The fourth-order valence-corrected chi connectivity index (χ4v) is 8.09. The second-order valence-corrected chi connectivity index (χ2v) is 20.7. The summed E-state index contributed by atoms with van der Waals surface area (Å²) in [5.74, 6) is -0.194. The van der Waals surface area contributed by atoms with Crippen molar-refractivity contribution in [1.29, 1.82) is 0 Å². The van der Waals surface area contributed by atoms with E-state index in [1.165, 1.54) is 128 Å². The summed E-state index contributed by atoms with van der Waals surface area (Å²) in [4.78, 5) is 23.2. The Morgan fingerprint density at radius 3 is 1.39 bits per heavy atom. The number of quaternary nitrogens is 1. The van der Waals surface area contributed by atoms with Gasteiger partial charge in [-0.2, -0.15) is 0 Å². The number of phosphoric acid groups is 1. The summed E-state index contributed by atoms with van der Waals surface area (Å²) >= 11 is 0. The molecule has 66 heavy (non-hydrogen) atoms. The van der Waals surface area contributed by atoms with Gasteiger partial charge in [0.25, 0.3) is 0 Å². The van der Waals surface area contributed by atoms with Gasteiger partial charge in [0.05, 0.1) is 39.9 Å². The number of hydrogen-bond acceptors (Lipinski definition) is 5. The maximum absolute atomic E-state index is 12.9. The van der Waals surface area contributed by atoms with Crippen molar-refractivity contribution < 1.29 is 32.9 Å². The Hall–Kier alpha value is -2.32. The number of amides is 1. The number of likely N-dealkylation sites (N-methyl/N-ethyl adjacent to an activating group) is 1. The highest BCUT2D eigenvalue weighted by Crippen LogP contribution is 2.43. The van der Waals surface area contributed by atoms with E-state index in [-0.39, 0.29) is 19.1 Å². The zero-order valence-electron chi connectivity index (χ0n) is 43.4. The third kappa shape index (κ3) is 49.6. The molecule has 0 bridgehead atoms. The third-order valence-corrected chi connectivity index (χ3v) is 12.6. The number of nitrogens with one attached hydrogen (secondary N) is 1. The number of unbranched alkanes of at least 4 members (excludes halogenated alkanes) is 23. The van der Waals surface area contributed by atoms with Gasteiger partial charge in [0.2, 0.25) is 5.91 Å². The van der Waals surface area contributed by atoms with E-state index >= 15 is 0 Å². The molecule has 0 aromatic rings. The molecular formula is C57H104N2O6P+. The Balaban J connectivity index is 4.20. The van der Waals surface area contributed by atoms with Crippen LogP contribution in [0.1, 0.15) is 219 Å². The molecule has 0 radical (unpaired) electrons. The minimum absolute atomic E-state index is 0.0509. The van der Waals surface area contributed by atoms with Crippen LogP contribution in [0.3, 0.4) is 0 Å². The van der Waals surface area contributed by atoms with Gasteiger partial charge >= 0.3 is 7.82 Å². The first-order valence-electron chi connectivity index (χ1n) is 27.0. The molecule has 9 heteroatoms. The van der Waals surface area contributed by atoms with Gasteiger partial charge < -0.3 is 19.8 Å². The molecule has 0 spiro atoms. The number of rotatable bonds is 48. The van der Waals surface area contributed by atoms with Crippen LogP contribution in [0.2, 0.25) is 0 Å². The van der Waals surface area contributed by atoms with Crippen LogP contribution in [0.25, 0.3) is 0 Å². The van der Waals surface area contributed by atoms with Crippen molar-refractivity contribution in [2.24, 2.45) is 0 Å². The second-order valence-electron chi connectivity index (χ2n) is 19.2. The van der Waals surface area contributed by atoms with Crippen molar-refractivity contribution in [2.75, 3.05) is 40.9 Å². The van der Waals surface area contributed by atoms with E-state index in [1.807, 2.05) is 27.2 Å². The van der Waals surface area contributed by atoms with Gasteiger partial charge in [-0.3, -0.25) is 13.8 Å². The SMILES string of the molecule is CC/C=C\C/C=C\C/C=C\C/C=C\CCCCCCCCCCCCCCCCCCC(=O)NC(COP(=O)(O)OCC[N+](C)(C)C)C(O)/C=C/CC/C=C/CC/C=C/CCCCCCC. The molecule has 0 saturated heterocycles. The van der Waals surface area contributed by atoms with E-state index in [1.54, 1.807) is 6.08 Å². The van der Waals surface area contributed by atoms with Gasteiger partial charge in [0.15, 0.2) is 0 Å². The summed E-state index contributed by atoms with van der Waals surface area (Å²) in [6.45, 7) is 4.65. The number of allylic oxidation sites excluding steroid dienone is 13. The molecule has 0 aromatic heterocycles. The molecule has 0 rings (SSSR count). The zero-order valence-corrected chi connectivity index (χ0v) is 44.3. The molecule has 0 saturated carbocycles. The Bertz CT molecular complexity index is 1350. The van der Waals surface area contributed by atoms with Crippen LogP contribution in [0.5, 0.6) is 0 Å². The van der Waals surface area contributed by atoms with E-state index in [0.29, 0.717) is 17.4 Å². The Kier molecular flexibility index (Phi) is 46.1. The summed E-state index contributed by atoms with van der Waals surface area (Å²) in [5.41, 5.74) is 0. The van der Waals surface area contributed by atoms with E-state index in [9.17, 15) is 19.4 Å². The Labute approximate surface area is 407 Å². The molecule has 1 amide bonds. The van der Waals surface area contributed by atoms with E-state index < -0.39 is 20.0 Å². The summed E-state index contributed by atoms with van der Waals surface area (Å²) in [6, 6.07) is -0.873. The van der Waals surface area contributed by atoms with Gasteiger partial charge in [0, 0.05) is 6.42 Å². The van der Waals surface area contributed by atoms with Gasteiger partial charge in [-0.25, -0.2) is 4.57 Å². The van der Waals surface area contributed by atoms with Gasteiger partial charge in [-0.15, -0.1) is 0 Å².